The Labute approximate surface area is 146 Å². The van der Waals surface area contributed by atoms with Crippen LogP contribution in [-0.4, -0.2) is 57.7 Å². The number of amides is 2. The first kappa shape index (κ1) is 17.1. The summed E-state index contributed by atoms with van der Waals surface area (Å²) in [5, 5.41) is 6.96. The highest BCUT2D eigenvalue weighted by molar-refractivity contribution is 5.93. The van der Waals surface area contributed by atoms with Gasteiger partial charge in [-0.15, -0.1) is 0 Å². The molecule has 3 N–H and O–H groups in total. The van der Waals surface area contributed by atoms with Crippen LogP contribution < -0.4 is 11.1 Å². The van der Waals surface area contributed by atoms with Gasteiger partial charge in [-0.05, 0) is 31.0 Å². The average molecular weight is 342 g/mol. The fourth-order valence-electron chi connectivity index (χ4n) is 2.98. The third-order valence-corrected chi connectivity index (χ3v) is 4.25. The Balaban J connectivity index is 1.70. The lowest BCUT2D eigenvalue weighted by Gasteiger charge is -2.31. The average Bonchev–Trinajstić information content (AvgIpc) is 3.20. The molecule has 0 radical (unpaired) electrons. The van der Waals surface area contributed by atoms with Gasteiger partial charge in [0, 0.05) is 44.8 Å². The first-order valence-corrected chi connectivity index (χ1v) is 8.42. The van der Waals surface area contributed by atoms with E-state index in [1.807, 2.05) is 12.3 Å². The van der Waals surface area contributed by atoms with E-state index in [2.05, 4.69) is 15.4 Å². The van der Waals surface area contributed by atoms with Crippen molar-refractivity contribution in [1.82, 2.24) is 25.0 Å². The Morgan fingerprint density at radius 2 is 2.24 bits per heavy atom. The number of nitrogens with zero attached hydrogens (tertiary/aromatic N) is 4. The summed E-state index contributed by atoms with van der Waals surface area (Å²) in [6.07, 6.45) is 6.66. The van der Waals surface area contributed by atoms with E-state index >= 15 is 0 Å². The summed E-state index contributed by atoms with van der Waals surface area (Å²) in [4.78, 5) is 30.8. The van der Waals surface area contributed by atoms with Crippen molar-refractivity contribution in [3.63, 3.8) is 0 Å². The number of nitrogens with one attached hydrogen (secondary N) is 1. The predicted octanol–water partition coefficient (Wildman–Crippen LogP) is 0.194. The molecule has 0 aliphatic carbocycles. The molecule has 1 fully saturated rings. The molecule has 2 amide bonds. The summed E-state index contributed by atoms with van der Waals surface area (Å²) in [7, 11) is 0. The Hall–Kier alpha value is -2.74. The zero-order valence-corrected chi connectivity index (χ0v) is 14.0. The Kier molecular flexibility index (Phi) is 5.39. The first-order chi connectivity index (χ1) is 12.2. The fraction of sp³-hybridized carbons (Fsp3) is 0.412. The highest BCUT2D eigenvalue weighted by atomic mass is 16.2. The zero-order chi connectivity index (χ0) is 17.6. The molecule has 0 spiro atoms. The van der Waals surface area contributed by atoms with Crippen molar-refractivity contribution in [2.24, 2.45) is 11.7 Å². The van der Waals surface area contributed by atoms with Crippen molar-refractivity contribution in [3.8, 4) is 5.69 Å². The molecule has 1 atom stereocenters. The SMILES string of the molecule is NCCNC(=O)C1CCCN(C(=O)c2cc(-n3cccn3)ccn2)C1. The van der Waals surface area contributed by atoms with E-state index < -0.39 is 0 Å². The van der Waals surface area contributed by atoms with E-state index in [1.54, 1.807) is 34.1 Å². The van der Waals surface area contributed by atoms with E-state index in [0.29, 0.717) is 31.9 Å². The first-order valence-electron chi connectivity index (χ1n) is 8.42. The Bertz CT molecular complexity index is 730. The summed E-state index contributed by atoms with van der Waals surface area (Å²) in [5.41, 5.74) is 6.55. The van der Waals surface area contributed by atoms with Gasteiger partial charge in [0.15, 0.2) is 0 Å². The number of rotatable bonds is 5. The minimum Gasteiger partial charge on any atom is -0.355 e. The van der Waals surface area contributed by atoms with Crippen LogP contribution in [0.1, 0.15) is 23.3 Å². The van der Waals surface area contributed by atoms with Crippen molar-refractivity contribution in [1.29, 1.82) is 0 Å². The monoisotopic (exact) mass is 342 g/mol. The van der Waals surface area contributed by atoms with Crippen molar-refractivity contribution in [2.75, 3.05) is 26.2 Å². The minimum atomic E-state index is -0.196. The van der Waals surface area contributed by atoms with Crippen molar-refractivity contribution in [3.05, 3.63) is 42.5 Å². The van der Waals surface area contributed by atoms with E-state index in [1.165, 1.54) is 0 Å². The van der Waals surface area contributed by atoms with Gasteiger partial charge in [0.1, 0.15) is 5.69 Å². The van der Waals surface area contributed by atoms with Gasteiger partial charge in [-0.2, -0.15) is 5.10 Å². The van der Waals surface area contributed by atoms with E-state index in [9.17, 15) is 9.59 Å². The highest BCUT2D eigenvalue weighted by Gasteiger charge is 2.29. The smallest absolute Gasteiger partial charge is 0.272 e. The number of pyridine rings is 1. The van der Waals surface area contributed by atoms with Crippen LogP contribution in [0.25, 0.3) is 5.69 Å². The third-order valence-electron chi connectivity index (χ3n) is 4.25. The fourth-order valence-corrected chi connectivity index (χ4v) is 2.98. The van der Waals surface area contributed by atoms with Crippen molar-refractivity contribution < 1.29 is 9.59 Å². The van der Waals surface area contributed by atoms with E-state index in [0.717, 1.165) is 18.5 Å². The van der Waals surface area contributed by atoms with E-state index in [-0.39, 0.29) is 17.7 Å². The molecule has 1 saturated heterocycles. The number of nitrogens with two attached hydrogens (primary N) is 1. The molecule has 0 bridgehead atoms. The predicted molar refractivity (Wildman–Crippen MR) is 92.1 cm³/mol. The molecule has 3 heterocycles. The number of carbonyl (C=O) groups excluding carboxylic acids is 2. The largest absolute Gasteiger partial charge is 0.355 e. The number of likely N-dealkylation sites (tertiary alicyclic amines) is 1. The molecule has 2 aromatic rings. The number of hydrogen-bond donors (Lipinski definition) is 2. The summed E-state index contributed by atoms with van der Waals surface area (Å²) in [6, 6.07) is 5.33. The quantitative estimate of drug-likeness (QED) is 0.807. The summed E-state index contributed by atoms with van der Waals surface area (Å²) in [5.74, 6) is -0.398. The van der Waals surface area contributed by atoms with Gasteiger partial charge in [-0.3, -0.25) is 14.6 Å². The number of piperidine rings is 1. The second kappa shape index (κ2) is 7.89. The van der Waals surface area contributed by atoms with E-state index in [4.69, 9.17) is 5.73 Å². The lowest BCUT2D eigenvalue weighted by atomic mass is 9.97. The second-order valence-corrected chi connectivity index (χ2v) is 6.02. The van der Waals surface area contributed by atoms with Crippen LogP contribution in [0.15, 0.2) is 36.8 Å². The van der Waals surface area contributed by atoms with Gasteiger partial charge < -0.3 is 16.0 Å². The maximum Gasteiger partial charge on any atom is 0.272 e. The molecule has 2 aromatic heterocycles. The van der Waals surface area contributed by atoms with Gasteiger partial charge in [-0.1, -0.05) is 0 Å². The van der Waals surface area contributed by atoms with Crippen LogP contribution >= 0.6 is 0 Å². The molecular weight excluding hydrogens is 320 g/mol. The topological polar surface area (TPSA) is 106 Å². The lowest BCUT2D eigenvalue weighted by Crippen LogP contribution is -2.46. The number of carbonyl (C=O) groups is 2. The second-order valence-electron chi connectivity index (χ2n) is 6.02. The molecule has 1 aliphatic heterocycles. The molecule has 8 heteroatoms. The molecule has 1 aliphatic rings. The number of aromatic nitrogens is 3. The maximum atomic E-state index is 12.8. The van der Waals surface area contributed by atoms with Gasteiger partial charge in [0.25, 0.3) is 5.91 Å². The summed E-state index contributed by atoms with van der Waals surface area (Å²) >= 11 is 0. The molecule has 0 saturated carbocycles. The molecular formula is C17H22N6O2. The Morgan fingerprint density at radius 3 is 3.00 bits per heavy atom. The van der Waals surface area contributed by atoms with Gasteiger partial charge in [0.2, 0.25) is 5.91 Å². The summed E-state index contributed by atoms with van der Waals surface area (Å²) < 4.78 is 1.68. The Morgan fingerprint density at radius 1 is 1.36 bits per heavy atom. The minimum absolute atomic E-state index is 0.0406. The molecule has 3 rings (SSSR count). The van der Waals surface area contributed by atoms with Crippen LogP contribution in [-0.2, 0) is 4.79 Å². The molecule has 8 nitrogen and oxygen atoms in total. The van der Waals surface area contributed by atoms with Gasteiger partial charge in [-0.25, -0.2) is 4.68 Å². The van der Waals surface area contributed by atoms with Crippen molar-refractivity contribution in [2.45, 2.75) is 12.8 Å². The third kappa shape index (κ3) is 4.03. The molecule has 132 valence electrons. The van der Waals surface area contributed by atoms with Crippen LogP contribution in [0, 0.1) is 5.92 Å². The lowest BCUT2D eigenvalue weighted by molar-refractivity contribution is -0.126. The van der Waals surface area contributed by atoms with Crippen molar-refractivity contribution >= 4 is 11.8 Å². The van der Waals surface area contributed by atoms with Crippen LogP contribution in [0.2, 0.25) is 0 Å². The van der Waals surface area contributed by atoms with Crippen LogP contribution in [0.3, 0.4) is 0 Å². The van der Waals surface area contributed by atoms with Gasteiger partial charge >= 0.3 is 0 Å². The highest BCUT2D eigenvalue weighted by Crippen LogP contribution is 2.19. The van der Waals surface area contributed by atoms with Crippen LogP contribution in [0.5, 0.6) is 0 Å². The summed E-state index contributed by atoms with van der Waals surface area (Å²) in [6.45, 7) is 1.90. The van der Waals surface area contributed by atoms with Crippen LogP contribution in [0.4, 0.5) is 0 Å². The number of hydrogen-bond acceptors (Lipinski definition) is 5. The van der Waals surface area contributed by atoms with Gasteiger partial charge in [0.05, 0.1) is 11.6 Å². The maximum absolute atomic E-state index is 12.8. The molecule has 0 aromatic carbocycles. The standard InChI is InChI=1S/C17H22N6O2/c18-5-8-20-16(24)13-3-1-9-22(12-13)17(25)15-11-14(4-7-19-15)23-10-2-6-21-23/h2,4,6-7,10-11,13H,1,3,5,8-9,12,18H2,(H,20,24). The molecule has 25 heavy (non-hydrogen) atoms. The molecule has 1 unspecified atom stereocenters. The zero-order valence-electron chi connectivity index (χ0n) is 14.0. The normalized spacial score (nSPS) is 17.3.